The van der Waals surface area contributed by atoms with Crippen molar-refractivity contribution in [3.05, 3.63) is 80.4 Å². The molecule has 0 aliphatic carbocycles. The highest BCUT2D eigenvalue weighted by molar-refractivity contribution is 7.18. The summed E-state index contributed by atoms with van der Waals surface area (Å²) in [5.41, 5.74) is 8.23. The molecule has 0 radical (unpaired) electrons. The molecular formula is C22H19ClFN3O3S. The Morgan fingerprint density at radius 2 is 2.00 bits per heavy atom. The van der Waals surface area contributed by atoms with Crippen LogP contribution in [0.2, 0.25) is 5.02 Å². The van der Waals surface area contributed by atoms with Crippen molar-refractivity contribution >= 4 is 39.8 Å². The number of hydrogen-bond acceptors (Lipinski definition) is 5. The number of amides is 2. The minimum Gasteiger partial charge on any atom is -0.497 e. The van der Waals surface area contributed by atoms with E-state index in [0.29, 0.717) is 26.9 Å². The van der Waals surface area contributed by atoms with Gasteiger partial charge in [-0.25, -0.2) is 4.39 Å². The highest BCUT2D eigenvalue weighted by atomic mass is 35.5. The van der Waals surface area contributed by atoms with Gasteiger partial charge in [0.2, 0.25) is 0 Å². The molecular weight excluding hydrogens is 441 g/mol. The first-order chi connectivity index (χ1) is 14.8. The van der Waals surface area contributed by atoms with E-state index < -0.39 is 17.8 Å². The number of thiophene rings is 1. The second-order valence-corrected chi connectivity index (χ2v) is 8.47. The smallest absolute Gasteiger partial charge is 0.262 e. The first-order valence-electron chi connectivity index (χ1n) is 9.38. The molecule has 0 fully saturated rings. The third kappa shape index (κ3) is 3.62. The van der Waals surface area contributed by atoms with Crippen molar-refractivity contribution in [3.8, 4) is 5.75 Å². The normalized spacial score (nSPS) is 15.2. The molecule has 0 saturated heterocycles. The lowest BCUT2D eigenvalue weighted by atomic mass is 9.98. The molecule has 160 valence electrons. The molecule has 3 aromatic rings. The highest BCUT2D eigenvalue weighted by Gasteiger charge is 2.44. The molecule has 9 heteroatoms. The Balaban J connectivity index is 1.86. The van der Waals surface area contributed by atoms with Crippen LogP contribution in [0.3, 0.4) is 0 Å². The van der Waals surface area contributed by atoms with E-state index in [1.807, 2.05) is 12.1 Å². The third-order valence-electron chi connectivity index (χ3n) is 5.23. The third-order valence-corrected chi connectivity index (χ3v) is 6.61. The first-order valence-corrected chi connectivity index (χ1v) is 10.6. The summed E-state index contributed by atoms with van der Waals surface area (Å²) in [6, 6.07) is 10.5. The molecule has 1 aromatic heterocycles. The van der Waals surface area contributed by atoms with Crippen LogP contribution in [0.4, 0.5) is 9.39 Å². The van der Waals surface area contributed by atoms with Crippen LogP contribution in [0.5, 0.6) is 5.75 Å². The van der Waals surface area contributed by atoms with Crippen LogP contribution in [0.25, 0.3) is 0 Å². The summed E-state index contributed by atoms with van der Waals surface area (Å²) in [6.45, 7) is 0.215. The fourth-order valence-electron chi connectivity index (χ4n) is 3.77. The van der Waals surface area contributed by atoms with Crippen molar-refractivity contribution in [3.63, 3.8) is 0 Å². The number of halogens is 2. The summed E-state index contributed by atoms with van der Waals surface area (Å²) in [7, 11) is 3.06. The van der Waals surface area contributed by atoms with Gasteiger partial charge in [-0.1, -0.05) is 23.7 Å². The number of nitrogen functional groups attached to an aromatic ring is 1. The summed E-state index contributed by atoms with van der Waals surface area (Å²) in [6.07, 6.45) is 0. The lowest BCUT2D eigenvalue weighted by Crippen LogP contribution is -2.29. The molecule has 1 aliphatic heterocycles. The van der Waals surface area contributed by atoms with Crippen LogP contribution in [0.15, 0.2) is 42.5 Å². The largest absolute Gasteiger partial charge is 0.497 e. The Morgan fingerprint density at radius 1 is 1.29 bits per heavy atom. The zero-order valence-corrected chi connectivity index (χ0v) is 18.3. The molecule has 2 heterocycles. The fourth-order valence-corrected chi connectivity index (χ4v) is 5.03. The van der Waals surface area contributed by atoms with Gasteiger partial charge in [-0.3, -0.25) is 9.59 Å². The minimum absolute atomic E-state index is 0.215. The molecule has 1 aliphatic rings. The first kappa shape index (κ1) is 21.1. The SMILES string of the molecule is CNC(=O)c1sc(N)c2c1C(=O)N(Cc1ccc(OC)cc1)C2c1cc(F)ccc1Cl. The van der Waals surface area contributed by atoms with Gasteiger partial charge in [-0.15, -0.1) is 11.3 Å². The van der Waals surface area contributed by atoms with Gasteiger partial charge in [0.1, 0.15) is 16.4 Å². The number of ether oxygens (including phenoxy) is 1. The number of nitrogens with two attached hydrogens (primary N) is 1. The fraction of sp³-hybridized carbons (Fsp3) is 0.182. The van der Waals surface area contributed by atoms with Crippen molar-refractivity contribution in [1.29, 1.82) is 0 Å². The number of nitrogens with zero attached hydrogens (tertiary/aromatic N) is 1. The van der Waals surface area contributed by atoms with Crippen LogP contribution in [-0.2, 0) is 6.54 Å². The summed E-state index contributed by atoms with van der Waals surface area (Å²) >= 11 is 7.45. The number of carbonyl (C=O) groups excluding carboxylic acids is 2. The molecule has 4 rings (SSSR count). The van der Waals surface area contributed by atoms with Crippen LogP contribution >= 0.6 is 22.9 Å². The van der Waals surface area contributed by atoms with Crippen LogP contribution in [0, 0.1) is 5.82 Å². The van der Waals surface area contributed by atoms with E-state index in [2.05, 4.69) is 5.32 Å². The quantitative estimate of drug-likeness (QED) is 0.597. The average Bonchev–Trinajstić information content (AvgIpc) is 3.25. The van der Waals surface area contributed by atoms with Gasteiger partial charge in [-0.05, 0) is 35.9 Å². The number of methoxy groups -OCH3 is 1. The van der Waals surface area contributed by atoms with Crippen molar-refractivity contribution in [2.24, 2.45) is 0 Å². The highest BCUT2D eigenvalue weighted by Crippen LogP contribution is 2.49. The zero-order valence-electron chi connectivity index (χ0n) is 16.7. The van der Waals surface area contributed by atoms with Crippen LogP contribution in [-0.4, -0.2) is 30.9 Å². The number of nitrogens with one attached hydrogen (secondary N) is 1. The van der Waals surface area contributed by atoms with Gasteiger partial charge >= 0.3 is 0 Å². The number of hydrogen-bond donors (Lipinski definition) is 2. The summed E-state index contributed by atoms with van der Waals surface area (Å²) in [5, 5.41) is 3.17. The Labute approximate surface area is 187 Å². The zero-order chi connectivity index (χ0) is 22.3. The second-order valence-electron chi connectivity index (χ2n) is 7.01. The molecule has 0 spiro atoms. The van der Waals surface area contributed by atoms with Gasteiger partial charge in [0.05, 0.1) is 23.7 Å². The maximum absolute atomic E-state index is 14.1. The second kappa shape index (κ2) is 8.20. The van der Waals surface area contributed by atoms with E-state index in [-0.39, 0.29) is 22.9 Å². The molecule has 0 bridgehead atoms. The molecule has 3 N–H and O–H groups in total. The summed E-state index contributed by atoms with van der Waals surface area (Å²) < 4.78 is 19.3. The summed E-state index contributed by atoms with van der Waals surface area (Å²) in [4.78, 5) is 27.7. The van der Waals surface area contributed by atoms with E-state index >= 15 is 0 Å². The monoisotopic (exact) mass is 459 g/mol. The van der Waals surface area contributed by atoms with E-state index in [0.717, 1.165) is 16.9 Å². The molecule has 31 heavy (non-hydrogen) atoms. The average molecular weight is 460 g/mol. The lowest BCUT2D eigenvalue weighted by molar-refractivity contribution is 0.0732. The molecule has 1 unspecified atom stereocenters. The standard InChI is InChI=1S/C22H19ClFN3O3S/c1-26-21(28)19-17-16(20(25)31-19)18(14-9-12(24)5-8-15(14)23)27(22(17)29)10-11-3-6-13(30-2)7-4-11/h3-9,18H,10,25H2,1-2H3,(H,26,28). The number of anilines is 1. The number of benzene rings is 2. The van der Waals surface area contributed by atoms with Gasteiger partial charge < -0.3 is 20.7 Å². The minimum atomic E-state index is -0.720. The van der Waals surface area contributed by atoms with Crippen molar-refractivity contribution in [1.82, 2.24) is 10.2 Å². The molecule has 0 saturated carbocycles. The number of rotatable bonds is 5. The summed E-state index contributed by atoms with van der Waals surface area (Å²) in [5.74, 6) is -0.555. The maximum Gasteiger partial charge on any atom is 0.262 e. The van der Waals surface area contributed by atoms with Gasteiger partial charge in [0.15, 0.2) is 0 Å². The number of fused-ring (bicyclic) bond motifs is 1. The maximum atomic E-state index is 14.1. The Kier molecular flexibility index (Phi) is 5.60. The molecule has 1 atom stereocenters. The predicted molar refractivity (Wildman–Crippen MR) is 118 cm³/mol. The Hall–Kier alpha value is -3.10. The van der Waals surface area contributed by atoms with Crippen LogP contribution in [0.1, 0.15) is 42.8 Å². The van der Waals surface area contributed by atoms with Crippen LogP contribution < -0.4 is 15.8 Å². The predicted octanol–water partition coefficient (Wildman–Crippen LogP) is 4.24. The van der Waals surface area contributed by atoms with Gasteiger partial charge in [0.25, 0.3) is 11.8 Å². The molecule has 2 amide bonds. The Bertz CT molecular complexity index is 1180. The molecule has 6 nitrogen and oxygen atoms in total. The number of carbonyl (C=O) groups is 2. The van der Waals surface area contributed by atoms with Crippen molar-refractivity contribution < 1.29 is 18.7 Å². The van der Waals surface area contributed by atoms with E-state index in [1.165, 1.54) is 25.2 Å². The van der Waals surface area contributed by atoms with E-state index in [9.17, 15) is 14.0 Å². The van der Waals surface area contributed by atoms with Crippen molar-refractivity contribution in [2.75, 3.05) is 19.9 Å². The molecule has 2 aromatic carbocycles. The van der Waals surface area contributed by atoms with Gasteiger partial charge in [-0.2, -0.15) is 0 Å². The van der Waals surface area contributed by atoms with Gasteiger partial charge in [0, 0.05) is 29.7 Å². The van der Waals surface area contributed by atoms with E-state index in [1.54, 1.807) is 24.1 Å². The lowest BCUT2D eigenvalue weighted by Gasteiger charge is -2.27. The Morgan fingerprint density at radius 3 is 2.65 bits per heavy atom. The van der Waals surface area contributed by atoms with Crippen molar-refractivity contribution in [2.45, 2.75) is 12.6 Å². The topological polar surface area (TPSA) is 84.7 Å². The van der Waals surface area contributed by atoms with E-state index in [4.69, 9.17) is 22.1 Å².